The molecule has 20 heavy (non-hydrogen) atoms. The number of nitrogens with zero attached hydrogens (tertiary/aromatic N) is 1. The van der Waals surface area contributed by atoms with Crippen molar-refractivity contribution in [3.05, 3.63) is 28.5 Å². The van der Waals surface area contributed by atoms with Gasteiger partial charge in [-0.3, -0.25) is 19.3 Å². The van der Waals surface area contributed by atoms with Crippen LogP contribution in [-0.2, 0) is 9.59 Å². The van der Waals surface area contributed by atoms with Gasteiger partial charge in [0.15, 0.2) is 0 Å². The molecule has 0 bridgehead atoms. The van der Waals surface area contributed by atoms with Crippen LogP contribution in [0.4, 0.5) is 10.1 Å². The van der Waals surface area contributed by atoms with Gasteiger partial charge in [-0.2, -0.15) is 0 Å². The van der Waals surface area contributed by atoms with E-state index >= 15 is 0 Å². The van der Waals surface area contributed by atoms with Gasteiger partial charge in [-0.05, 0) is 26.0 Å². The van der Waals surface area contributed by atoms with Crippen LogP contribution in [0.15, 0.2) is 12.1 Å². The molecule has 0 aromatic heterocycles. The van der Waals surface area contributed by atoms with Crippen LogP contribution in [0.25, 0.3) is 0 Å². The van der Waals surface area contributed by atoms with Gasteiger partial charge >= 0.3 is 0 Å². The third kappa shape index (κ3) is 2.38. The first-order valence-electron chi connectivity index (χ1n) is 5.96. The van der Waals surface area contributed by atoms with Crippen LogP contribution in [0.3, 0.4) is 0 Å². The number of ketones is 1. The van der Waals surface area contributed by atoms with Crippen LogP contribution < -0.4 is 10.2 Å². The van der Waals surface area contributed by atoms with Crippen molar-refractivity contribution in [3.63, 3.8) is 0 Å². The Hall–Kier alpha value is -1.95. The Morgan fingerprint density at radius 2 is 2.05 bits per heavy atom. The Bertz CT molecular complexity index is 616. The molecule has 2 amide bonds. The first-order chi connectivity index (χ1) is 9.32. The van der Waals surface area contributed by atoms with E-state index in [1.54, 1.807) is 13.8 Å². The van der Waals surface area contributed by atoms with Crippen LogP contribution in [-0.4, -0.2) is 30.2 Å². The van der Waals surface area contributed by atoms with E-state index in [1.165, 1.54) is 6.07 Å². The SMILES string of the molecule is CC(C)NC(=O)CN1C(=O)C(=O)c2c(Cl)ccc(F)c21. The highest BCUT2D eigenvalue weighted by Crippen LogP contribution is 2.36. The highest BCUT2D eigenvalue weighted by molar-refractivity contribution is 6.55. The normalized spacial score (nSPS) is 13.9. The Kier molecular flexibility index (Phi) is 3.76. The number of halogens is 2. The number of anilines is 1. The molecule has 0 aliphatic carbocycles. The molecule has 1 aliphatic rings. The summed E-state index contributed by atoms with van der Waals surface area (Å²) in [6.45, 7) is 3.08. The molecule has 0 saturated heterocycles. The number of benzene rings is 1. The largest absolute Gasteiger partial charge is 0.352 e. The van der Waals surface area contributed by atoms with Crippen LogP contribution >= 0.6 is 11.6 Å². The predicted octanol–water partition coefficient (Wildman–Crippen LogP) is 1.53. The van der Waals surface area contributed by atoms with Crippen molar-refractivity contribution >= 4 is 34.9 Å². The van der Waals surface area contributed by atoms with Crippen molar-refractivity contribution in [1.82, 2.24) is 5.32 Å². The number of amides is 2. The fourth-order valence-corrected chi connectivity index (χ4v) is 2.25. The van der Waals surface area contributed by atoms with Gasteiger partial charge in [0, 0.05) is 6.04 Å². The fourth-order valence-electron chi connectivity index (χ4n) is 2.01. The quantitative estimate of drug-likeness (QED) is 0.861. The van der Waals surface area contributed by atoms with E-state index in [2.05, 4.69) is 5.32 Å². The average molecular weight is 299 g/mol. The molecular formula is C13H12ClFN2O3. The summed E-state index contributed by atoms with van der Waals surface area (Å²) < 4.78 is 13.8. The van der Waals surface area contributed by atoms with E-state index in [0.717, 1.165) is 11.0 Å². The smallest absolute Gasteiger partial charge is 0.300 e. The van der Waals surface area contributed by atoms with Gasteiger partial charge in [-0.15, -0.1) is 0 Å². The summed E-state index contributed by atoms with van der Waals surface area (Å²) in [5.74, 6) is -3.10. The van der Waals surface area contributed by atoms with Gasteiger partial charge in [-0.1, -0.05) is 11.6 Å². The van der Waals surface area contributed by atoms with Crippen molar-refractivity contribution in [2.24, 2.45) is 0 Å². The summed E-state index contributed by atoms with van der Waals surface area (Å²) in [5.41, 5.74) is -0.416. The third-order valence-corrected chi connectivity index (χ3v) is 3.08. The highest BCUT2D eigenvalue weighted by atomic mass is 35.5. The van der Waals surface area contributed by atoms with Crippen LogP contribution in [0.5, 0.6) is 0 Å². The van der Waals surface area contributed by atoms with Crippen molar-refractivity contribution in [2.45, 2.75) is 19.9 Å². The number of carbonyl (C=O) groups is 3. The molecule has 1 aromatic carbocycles. The van der Waals surface area contributed by atoms with Crippen LogP contribution in [0.2, 0.25) is 5.02 Å². The molecule has 0 unspecified atom stereocenters. The zero-order valence-electron chi connectivity index (χ0n) is 10.9. The standard InChI is InChI=1S/C13H12ClFN2O3/c1-6(2)16-9(18)5-17-11-8(15)4-3-7(14)10(11)12(19)13(17)20/h3-4,6H,5H2,1-2H3,(H,16,18). The Balaban J connectivity index is 2.38. The molecule has 106 valence electrons. The van der Waals surface area contributed by atoms with Crippen LogP contribution in [0.1, 0.15) is 24.2 Å². The van der Waals surface area contributed by atoms with E-state index in [9.17, 15) is 18.8 Å². The summed E-state index contributed by atoms with van der Waals surface area (Å²) >= 11 is 5.82. The highest BCUT2D eigenvalue weighted by Gasteiger charge is 2.40. The van der Waals surface area contributed by atoms with Crippen molar-refractivity contribution in [1.29, 1.82) is 0 Å². The van der Waals surface area contributed by atoms with Crippen molar-refractivity contribution in [3.8, 4) is 0 Å². The molecule has 0 spiro atoms. The second-order valence-electron chi connectivity index (χ2n) is 4.70. The minimum atomic E-state index is -0.953. The van der Waals surface area contributed by atoms with Gasteiger partial charge in [0.2, 0.25) is 5.91 Å². The van der Waals surface area contributed by atoms with Crippen LogP contribution in [0, 0.1) is 5.82 Å². The number of fused-ring (bicyclic) bond motifs is 1. The van der Waals surface area contributed by atoms with E-state index < -0.39 is 30.0 Å². The number of Topliss-reactive ketones (excluding diaryl/α,β-unsaturated/α-hetero) is 1. The summed E-state index contributed by atoms with van der Waals surface area (Å²) in [4.78, 5) is 36.2. The molecule has 5 nitrogen and oxygen atoms in total. The number of hydrogen-bond donors (Lipinski definition) is 1. The molecule has 0 atom stereocenters. The first kappa shape index (κ1) is 14.5. The summed E-state index contributed by atoms with van der Waals surface area (Å²) in [7, 11) is 0. The molecule has 1 aromatic rings. The Morgan fingerprint density at radius 3 is 2.65 bits per heavy atom. The van der Waals surface area contributed by atoms with E-state index in [4.69, 9.17) is 11.6 Å². The van der Waals surface area contributed by atoms with E-state index in [-0.39, 0.29) is 22.3 Å². The van der Waals surface area contributed by atoms with E-state index in [0.29, 0.717) is 0 Å². The molecule has 1 aliphatic heterocycles. The zero-order chi connectivity index (χ0) is 15.0. The van der Waals surface area contributed by atoms with Gasteiger partial charge in [0.05, 0.1) is 16.3 Å². The maximum atomic E-state index is 13.8. The summed E-state index contributed by atoms with van der Waals surface area (Å²) in [6.07, 6.45) is 0. The number of hydrogen-bond acceptors (Lipinski definition) is 3. The average Bonchev–Trinajstić information content (AvgIpc) is 2.59. The predicted molar refractivity (Wildman–Crippen MR) is 71.4 cm³/mol. The first-order valence-corrected chi connectivity index (χ1v) is 6.34. The molecule has 2 rings (SSSR count). The number of nitrogens with one attached hydrogen (secondary N) is 1. The summed E-state index contributed by atoms with van der Waals surface area (Å²) in [6, 6.07) is 2.14. The number of carbonyl (C=O) groups excluding carboxylic acids is 3. The molecule has 0 saturated carbocycles. The second-order valence-corrected chi connectivity index (χ2v) is 5.10. The maximum Gasteiger partial charge on any atom is 0.300 e. The van der Waals surface area contributed by atoms with Crippen molar-refractivity contribution < 1.29 is 18.8 Å². The van der Waals surface area contributed by atoms with Crippen molar-refractivity contribution in [2.75, 3.05) is 11.4 Å². The van der Waals surface area contributed by atoms with Gasteiger partial charge in [0.1, 0.15) is 12.4 Å². The Morgan fingerprint density at radius 1 is 1.40 bits per heavy atom. The van der Waals surface area contributed by atoms with Gasteiger partial charge in [-0.25, -0.2) is 4.39 Å². The zero-order valence-corrected chi connectivity index (χ0v) is 11.6. The second kappa shape index (κ2) is 5.20. The van der Waals surface area contributed by atoms with E-state index in [1.807, 2.05) is 0 Å². The van der Waals surface area contributed by atoms with Gasteiger partial charge in [0.25, 0.3) is 11.7 Å². The molecule has 0 fully saturated rings. The number of rotatable bonds is 3. The minimum absolute atomic E-state index is 0.00785. The molecule has 7 heteroatoms. The monoisotopic (exact) mass is 298 g/mol. The molecular weight excluding hydrogens is 287 g/mol. The lowest BCUT2D eigenvalue weighted by Gasteiger charge is -2.17. The Labute approximate surface area is 119 Å². The lowest BCUT2D eigenvalue weighted by molar-refractivity contribution is -0.122. The molecule has 0 radical (unpaired) electrons. The molecule has 1 heterocycles. The third-order valence-electron chi connectivity index (χ3n) is 2.77. The topological polar surface area (TPSA) is 66.5 Å². The lowest BCUT2D eigenvalue weighted by Crippen LogP contribution is -2.42. The van der Waals surface area contributed by atoms with Gasteiger partial charge < -0.3 is 5.32 Å². The minimum Gasteiger partial charge on any atom is -0.352 e. The summed E-state index contributed by atoms with van der Waals surface area (Å²) in [5, 5.41) is 2.56. The fraction of sp³-hybridized carbons (Fsp3) is 0.308. The lowest BCUT2D eigenvalue weighted by atomic mass is 10.1. The maximum absolute atomic E-state index is 13.8. The molecule has 1 N–H and O–H groups in total.